The number of carbonyl (C=O) groups is 4. The molecule has 3 heterocycles. The van der Waals surface area contributed by atoms with Crippen molar-refractivity contribution in [1.82, 2.24) is 9.80 Å². The molecule has 3 aliphatic rings. The van der Waals surface area contributed by atoms with Crippen LogP contribution in [0, 0.1) is 5.82 Å². The molecule has 4 amide bonds. The predicted molar refractivity (Wildman–Crippen MR) is 157 cm³/mol. The molecule has 0 radical (unpaired) electrons. The molecule has 44 heavy (non-hydrogen) atoms. The number of hydrogen-bond acceptors (Lipinski definition) is 9. The summed E-state index contributed by atoms with van der Waals surface area (Å²) in [6.07, 6.45) is -2.55. The van der Waals surface area contributed by atoms with Gasteiger partial charge in [-0.1, -0.05) is 24.3 Å². The normalized spacial score (nSPS) is 17.7. The average molecular weight is 603 g/mol. The van der Waals surface area contributed by atoms with E-state index < -0.39 is 41.7 Å². The highest BCUT2D eigenvalue weighted by atomic mass is 19.1. The fourth-order valence-electron chi connectivity index (χ4n) is 5.89. The fourth-order valence-corrected chi connectivity index (χ4v) is 5.89. The summed E-state index contributed by atoms with van der Waals surface area (Å²) in [5.41, 5.74) is 1.70. The van der Waals surface area contributed by atoms with E-state index in [1.165, 1.54) is 11.0 Å². The molecule has 2 N–H and O–H groups in total. The van der Waals surface area contributed by atoms with E-state index in [2.05, 4.69) is 0 Å². The van der Waals surface area contributed by atoms with Gasteiger partial charge in [0.15, 0.2) is 0 Å². The number of aliphatic hydroxyl groups is 2. The Morgan fingerprint density at radius 3 is 1.55 bits per heavy atom. The van der Waals surface area contributed by atoms with Crippen LogP contribution in [0.3, 0.4) is 0 Å². The summed E-state index contributed by atoms with van der Waals surface area (Å²) < 4.78 is 20.8. The fraction of sp³-hybridized carbons (Fsp3) is 0.312. The minimum absolute atomic E-state index is 0.192. The number of ether oxygens (including phenoxy) is 1. The van der Waals surface area contributed by atoms with Gasteiger partial charge in [-0.15, -0.1) is 0 Å². The molecule has 12 heteroatoms. The Kier molecular flexibility index (Phi) is 8.13. The molecule has 3 aromatic carbocycles. The van der Waals surface area contributed by atoms with Crippen LogP contribution in [0.1, 0.15) is 41.4 Å². The van der Waals surface area contributed by atoms with Crippen molar-refractivity contribution in [2.45, 2.75) is 12.2 Å². The highest BCUT2D eigenvalue weighted by Crippen LogP contribution is 2.28. The molecular formula is C32H31FN4O7. The topological polar surface area (TPSA) is 131 Å². The zero-order chi connectivity index (χ0) is 31.0. The highest BCUT2D eigenvalue weighted by molar-refractivity contribution is 6.22. The maximum absolute atomic E-state index is 15.4. The number of fused-ring (bicyclic) bond motifs is 2. The Morgan fingerprint density at radius 1 is 0.705 bits per heavy atom. The van der Waals surface area contributed by atoms with E-state index in [1.54, 1.807) is 60.7 Å². The van der Waals surface area contributed by atoms with Crippen LogP contribution < -0.4 is 9.80 Å². The monoisotopic (exact) mass is 602 g/mol. The summed E-state index contributed by atoms with van der Waals surface area (Å²) >= 11 is 0. The van der Waals surface area contributed by atoms with Crippen molar-refractivity contribution >= 4 is 35.0 Å². The van der Waals surface area contributed by atoms with E-state index in [9.17, 15) is 29.4 Å². The number of aliphatic hydroxyl groups excluding tert-OH is 2. The van der Waals surface area contributed by atoms with Crippen LogP contribution in [0.15, 0.2) is 66.7 Å². The molecule has 3 aromatic rings. The van der Waals surface area contributed by atoms with Gasteiger partial charge in [0.1, 0.15) is 5.82 Å². The van der Waals surface area contributed by atoms with Gasteiger partial charge in [0.05, 0.1) is 66.5 Å². The number of β-amino-alcohol motifs (C(OH)–C–C–N with tert-alkyl or cyclic N) is 2. The van der Waals surface area contributed by atoms with Gasteiger partial charge in [-0.3, -0.25) is 29.0 Å². The van der Waals surface area contributed by atoms with Crippen molar-refractivity contribution in [2.24, 2.45) is 0 Å². The highest BCUT2D eigenvalue weighted by Gasteiger charge is 2.38. The summed E-state index contributed by atoms with van der Waals surface area (Å²) in [5.74, 6) is -2.62. The molecule has 0 bridgehead atoms. The van der Waals surface area contributed by atoms with Gasteiger partial charge >= 0.3 is 0 Å². The third-order valence-electron chi connectivity index (χ3n) is 8.05. The minimum Gasteiger partial charge on any atom is -0.389 e. The predicted octanol–water partition coefficient (Wildman–Crippen LogP) is 1.78. The number of imide groups is 2. The van der Waals surface area contributed by atoms with Crippen LogP contribution in [0.4, 0.5) is 15.8 Å². The Hall–Kier alpha value is -4.65. The van der Waals surface area contributed by atoms with Crippen molar-refractivity contribution in [1.29, 1.82) is 0 Å². The molecule has 0 unspecified atom stereocenters. The SMILES string of the molecule is O=C1c2ccccc2C(=O)N1C[C@@H](O)CN(C[C@@H](O)CN1C(=O)c2ccccc2C1=O)c1ccc(N2CCOCC2)c(F)c1. The van der Waals surface area contributed by atoms with Crippen LogP contribution in [-0.4, -0.2) is 108 Å². The molecule has 0 saturated carbocycles. The Balaban J connectivity index is 1.20. The number of benzene rings is 3. The zero-order valence-electron chi connectivity index (χ0n) is 23.8. The summed E-state index contributed by atoms with van der Waals surface area (Å²) in [7, 11) is 0. The molecule has 6 rings (SSSR count). The number of hydrogen-bond donors (Lipinski definition) is 2. The summed E-state index contributed by atoms with van der Waals surface area (Å²) in [6, 6.07) is 17.3. The first-order chi connectivity index (χ1) is 21.2. The smallest absolute Gasteiger partial charge is 0.261 e. The number of anilines is 2. The molecular weight excluding hydrogens is 571 g/mol. The molecule has 2 atom stereocenters. The molecule has 0 aliphatic carbocycles. The van der Waals surface area contributed by atoms with Crippen LogP contribution in [0.5, 0.6) is 0 Å². The number of amides is 4. The van der Waals surface area contributed by atoms with Gasteiger partial charge < -0.3 is 24.7 Å². The van der Waals surface area contributed by atoms with Crippen molar-refractivity contribution in [3.05, 3.63) is 94.8 Å². The van der Waals surface area contributed by atoms with Gasteiger partial charge in [0.25, 0.3) is 23.6 Å². The number of carbonyl (C=O) groups excluding carboxylic acids is 4. The lowest BCUT2D eigenvalue weighted by Gasteiger charge is -2.33. The second-order valence-electron chi connectivity index (χ2n) is 11.0. The average Bonchev–Trinajstić information content (AvgIpc) is 3.41. The zero-order valence-corrected chi connectivity index (χ0v) is 23.8. The lowest BCUT2D eigenvalue weighted by Crippen LogP contribution is -2.47. The van der Waals surface area contributed by atoms with Crippen molar-refractivity contribution in [3.63, 3.8) is 0 Å². The van der Waals surface area contributed by atoms with E-state index in [0.717, 1.165) is 9.80 Å². The van der Waals surface area contributed by atoms with Gasteiger partial charge in [0.2, 0.25) is 0 Å². The number of nitrogens with zero attached hydrogens (tertiary/aromatic N) is 4. The van der Waals surface area contributed by atoms with Crippen LogP contribution in [0.2, 0.25) is 0 Å². The first kappa shape index (κ1) is 29.4. The number of morpholine rings is 1. The van der Waals surface area contributed by atoms with Crippen LogP contribution in [0.25, 0.3) is 0 Å². The summed E-state index contributed by atoms with van der Waals surface area (Å²) in [6.45, 7) is 0.960. The first-order valence-corrected chi connectivity index (χ1v) is 14.4. The van der Waals surface area contributed by atoms with Gasteiger partial charge in [0, 0.05) is 31.9 Å². The third-order valence-corrected chi connectivity index (χ3v) is 8.05. The van der Waals surface area contributed by atoms with E-state index >= 15 is 4.39 Å². The molecule has 11 nitrogen and oxygen atoms in total. The lowest BCUT2D eigenvalue weighted by atomic mass is 10.1. The quantitative estimate of drug-likeness (QED) is 0.334. The Bertz CT molecular complexity index is 1470. The van der Waals surface area contributed by atoms with E-state index in [4.69, 9.17) is 4.74 Å². The Morgan fingerprint density at radius 2 is 1.14 bits per heavy atom. The summed E-state index contributed by atoms with van der Waals surface area (Å²) in [4.78, 5) is 56.8. The largest absolute Gasteiger partial charge is 0.389 e. The van der Waals surface area contributed by atoms with Crippen molar-refractivity contribution in [2.75, 3.05) is 62.3 Å². The van der Waals surface area contributed by atoms with Crippen molar-refractivity contribution < 1.29 is 38.5 Å². The van der Waals surface area contributed by atoms with Gasteiger partial charge in [-0.25, -0.2) is 4.39 Å². The second-order valence-corrected chi connectivity index (χ2v) is 11.0. The van der Waals surface area contributed by atoms with E-state index in [-0.39, 0.29) is 48.4 Å². The molecule has 1 saturated heterocycles. The molecule has 3 aliphatic heterocycles. The van der Waals surface area contributed by atoms with Gasteiger partial charge in [-0.05, 0) is 42.5 Å². The van der Waals surface area contributed by atoms with Gasteiger partial charge in [-0.2, -0.15) is 0 Å². The minimum atomic E-state index is -1.27. The van der Waals surface area contributed by atoms with Crippen LogP contribution >= 0.6 is 0 Å². The maximum Gasteiger partial charge on any atom is 0.261 e. The van der Waals surface area contributed by atoms with Crippen LogP contribution in [-0.2, 0) is 4.74 Å². The molecule has 1 fully saturated rings. The number of rotatable bonds is 10. The van der Waals surface area contributed by atoms with E-state index in [1.807, 2.05) is 4.90 Å². The Labute approximate surface area is 252 Å². The maximum atomic E-state index is 15.4. The molecule has 0 spiro atoms. The second kappa shape index (κ2) is 12.2. The molecule has 228 valence electrons. The number of halogens is 1. The van der Waals surface area contributed by atoms with E-state index in [0.29, 0.717) is 37.7 Å². The lowest BCUT2D eigenvalue weighted by molar-refractivity contribution is 0.0534. The van der Waals surface area contributed by atoms with Crippen molar-refractivity contribution in [3.8, 4) is 0 Å². The summed E-state index contributed by atoms with van der Waals surface area (Å²) in [5, 5.41) is 22.2. The third kappa shape index (κ3) is 5.54. The molecule has 0 aromatic heterocycles. The first-order valence-electron chi connectivity index (χ1n) is 14.4. The standard InChI is InChI=1S/C32H31FN4O7/c33-27-15-20(9-10-28(27)34-11-13-44-14-12-34)35(16-21(38)18-36-29(40)23-5-1-2-6-24(23)30(36)41)17-22(39)19-37-31(42)25-7-3-4-8-26(25)32(37)43/h1-10,15,21-22,38-39H,11-14,16-19H2/t21-,22+.